The third kappa shape index (κ3) is 5.18. The van der Waals surface area contributed by atoms with E-state index in [1.165, 1.54) is 24.0 Å². The second-order valence-corrected chi connectivity index (χ2v) is 6.54. The predicted molar refractivity (Wildman–Crippen MR) is 89.2 cm³/mol. The Morgan fingerprint density at radius 1 is 0.850 bits per heavy atom. The highest BCUT2D eigenvalue weighted by Gasteiger charge is 2.10. The third-order valence-electron chi connectivity index (χ3n) is 3.34. The Bertz CT molecular complexity index is 460. The minimum Gasteiger partial charge on any atom is -0.102 e. The predicted octanol–water partition coefficient (Wildman–Crippen LogP) is 4.89. The molecule has 0 bridgehead atoms. The van der Waals surface area contributed by atoms with Gasteiger partial charge in [0.25, 0.3) is 0 Å². The number of rotatable bonds is 7. The maximum atomic E-state index is 2.37. The van der Waals surface area contributed by atoms with Gasteiger partial charge in [-0.1, -0.05) is 73.7 Å². The monoisotopic (exact) mass is 278 g/mol. The quantitative estimate of drug-likeness (QED) is 0.633. The summed E-state index contributed by atoms with van der Waals surface area (Å²) >= 11 is 0. The van der Waals surface area contributed by atoms with Crippen molar-refractivity contribution in [1.29, 1.82) is 0 Å². The van der Waals surface area contributed by atoms with Gasteiger partial charge in [-0.15, -0.1) is 5.70 Å². The molecule has 20 heavy (non-hydrogen) atoms. The molecule has 0 atom stereocenters. The van der Waals surface area contributed by atoms with Crippen molar-refractivity contribution in [3.8, 4) is 0 Å². The molecule has 0 saturated carbocycles. The van der Waals surface area contributed by atoms with Gasteiger partial charge in [-0.25, -0.2) is 0 Å². The molecule has 0 amide bonds. The molecule has 0 aliphatic rings. The van der Waals surface area contributed by atoms with Crippen LogP contribution in [0.25, 0.3) is 0 Å². The molecule has 0 saturated heterocycles. The van der Waals surface area contributed by atoms with Crippen LogP contribution in [0.2, 0.25) is 5.54 Å². The lowest BCUT2D eigenvalue weighted by Gasteiger charge is -2.15. The van der Waals surface area contributed by atoms with Crippen LogP contribution < -0.4 is 0 Å². The number of hydrogen-bond donors (Lipinski definition) is 0. The van der Waals surface area contributed by atoms with Crippen LogP contribution in [0, 0.1) is 0 Å². The van der Waals surface area contributed by atoms with Crippen molar-refractivity contribution in [2.24, 2.45) is 0 Å². The van der Waals surface area contributed by atoms with Crippen molar-refractivity contribution < 1.29 is 0 Å². The first-order valence-electron chi connectivity index (χ1n) is 7.37. The summed E-state index contributed by atoms with van der Waals surface area (Å²) in [6, 6.07) is 21.7. The maximum absolute atomic E-state index is 2.37. The summed E-state index contributed by atoms with van der Waals surface area (Å²) in [7, 11) is 0.901. The molecule has 0 fully saturated rings. The fraction of sp³-hybridized carbons (Fsp3) is 0.263. The molecule has 0 nitrogen and oxygen atoms in total. The van der Waals surface area contributed by atoms with Crippen LogP contribution >= 0.6 is 0 Å². The molecule has 102 valence electrons. The lowest BCUT2D eigenvalue weighted by atomic mass is 10.0. The summed E-state index contributed by atoms with van der Waals surface area (Å²) in [5.41, 5.74) is 5.98. The van der Waals surface area contributed by atoms with E-state index in [0.29, 0.717) is 5.54 Å². The van der Waals surface area contributed by atoms with Crippen molar-refractivity contribution in [2.75, 3.05) is 0 Å². The minimum absolute atomic E-state index is 0.711. The lowest BCUT2D eigenvalue weighted by Crippen LogP contribution is -2.09. The molecule has 0 aromatic heterocycles. The molecular weight excluding hydrogens is 256 g/mol. The molecule has 0 unspecified atom stereocenters. The number of benzene rings is 2. The van der Waals surface area contributed by atoms with Gasteiger partial charge in [-0.05, 0) is 35.9 Å². The van der Waals surface area contributed by atoms with E-state index in [1.807, 2.05) is 0 Å². The normalized spacial score (nSPS) is 11.3. The largest absolute Gasteiger partial charge is 0.102 e. The first kappa shape index (κ1) is 14.8. The van der Waals surface area contributed by atoms with Crippen LogP contribution in [0.3, 0.4) is 0 Å². The number of allylic oxidation sites excluding steroid dienone is 1. The third-order valence-corrected chi connectivity index (χ3v) is 4.64. The summed E-state index contributed by atoms with van der Waals surface area (Å²) in [6.45, 7) is 2.20. The Balaban J connectivity index is 2.02. The second-order valence-electron chi connectivity index (χ2n) is 5.05. The van der Waals surface area contributed by atoms with Gasteiger partial charge in [0.1, 0.15) is 0 Å². The van der Waals surface area contributed by atoms with Gasteiger partial charge in [0.2, 0.25) is 0 Å². The molecule has 2 radical (unpaired) electrons. The average molecular weight is 278 g/mol. The topological polar surface area (TPSA) is 0 Å². The smallest absolute Gasteiger partial charge is 0.0740 e. The summed E-state index contributed by atoms with van der Waals surface area (Å²) in [6.07, 6.45) is 5.77. The highest BCUT2D eigenvalue weighted by molar-refractivity contribution is 6.44. The Hall–Kier alpha value is -1.60. The summed E-state index contributed by atoms with van der Waals surface area (Å²) in [5.74, 6) is 0. The summed E-state index contributed by atoms with van der Waals surface area (Å²) in [4.78, 5) is 0. The standard InChI is InChI=1S/C19H22Si/c1-2-3-14-20-19(15-17-10-6-4-7-11-17)16-18-12-8-5-9-13-18/h3-14,19H,2,15-16H2,1H3. The molecule has 0 spiro atoms. The molecule has 0 N–H and O–H groups in total. The van der Waals surface area contributed by atoms with Crippen LogP contribution in [0.4, 0.5) is 0 Å². The van der Waals surface area contributed by atoms with Crippen molar-refractivity contribution in [3.05, 3.63) is 83.6 Å². The van der Waals surface area contributed by atoms with E-state index in [2.05, 4.69) is 79.4 Å². The van der Waals surface area contributed by atoms with Crippen molar-refractivity contribution in [3.63, 3.8) is 0 Å². The number of hydrogen-bond acceptors (Lipinski definition) is 0. The molecule has 2 aromatic carbocycles. The molecule has 2 aromatic rings. The van der Waals surface area contributed by atoms with E-state index in [1.54, 1.807) is 0 Å². The molecule has 0 heterocycles. The van der Waals surface area contributed by atoms with Gasteiger partial charge < -0.3 is 0 Å². The van der Waals surface area contributed by atoms with E-state index in [-0.39, 0.29) is 0 Å². The molecule has 0 aliphatic heterocycles. The fourth-order valence-electron chi connectivity index (χ4n) is 2.31. The van der Waals surface area contributed by atoms with Gasteiger partial charge in [0.05, 0.1) is 9.52 Å². The Kier molecular flexibility index (Phi) is 6.32. The zero-order valence-corrected chi connectivity index (χ0v) is 13.1. The van der Waals surface area contributed by atoms with E-state index >= 15 is 0 Å². The highest BCUT2D eigenvalue weighted by atomic mass is 28.2. The van der Waals surface area contributed by atoms with E-state index < -0.39 is 0 Å². The Morgan fingerprint density at radius 3 is 1.80 bits per heavy atom. The minimum atomic E-state index is 0.711. The van der Waals surface area contributed by atoms with E-state index in [0.717, 1.165) is 15.9 Å². The fourth-order valence-corrected chi connectivity index (χ4v) is 3.66. The summed E-state index contributed by atoms with van der Waals surface area (Å²) < 4.78 is 0. The average Bonchev–Trinajstić information content (AvgIpc) is 2.49. The van der Waals surface area contributed by atoms with E-state index in [9.17, 15) is 0 Å². The lowest BCUT2D eigenvalue weighted by molar-refractivity contribution is 0.810. The zero-order valence-electron chi connectivity index (χ0n) is 12.1. The van der Waals surface area contributed by atoms with Crippen LogP contribution in [-0.4, -0.2) is 9.52 Å². The molecule has 0 aliphatic carbocycles. The molecular formula is C19H22Si. The molecule has 1 heteroatoms. The van der Waals surface area contributed by atoms with Crippen molar-refractivity contribution >= 4 is 9.52 Å². The maximum Gasteiger partial charge on any atom is 0.0740 e. The van der Waals surface area contributed by atoms with Gasteiger partial charge >= 0.3 is 0 Å². The second kappa shape index (κ2) is 8.54. The first-order valence-corrected chi connectivity index (χ1v) is 8.53. The van der Waals surface area contributed by atoms with Gasteiger partial charge in [-0.2, -0.15) is 0 Å². The summed E-state index contributed by atoms with van der Waals surface area (Å²) in [5, 5.41) is 0. The molecule has 2 rings (SSSR count). The van der Waals surface area contributed by atoms with Crippen LogP contribution in [0.5, 0.6) is 0 Å². The van der Waals surface area contributed by atoms with Gasteiger partial charge in [0, 0.05) is 0 Å². The van der Waals surface area contributed by atoms with Crippen LogP contribution in [0.15, 0.2) is 72.4 Å². The van der Waals surface area contributed by atoms with Gasteiger partial charge in [-0.3, -0.25) is 0 Å². The Labute approximate surface area is 125 Å². The van der Waals surface area contributed by atoms with E-state index in [4.69, 9.17) is 0 Å². The first-order chi connectivity index (χ1) is 9.88. The Morgan fingerprint density at radius 2 is 1.35 bits per heavy atom. The van der Waals surface area contributed by atoms with Crippen molar-refractivity contribution in [2.45, 2.75) is 31.7 Å². The van der Waals surface area contributed by atoms with Crippen molar-refractivity contribution in [1.82, 2.24) is 0 Å². The SMILES string of the molecule is CCC=C[Si]C(Cc1ccccc1)Cc1ccccc1. The van der Waals surface area contributed by atoms with Gasteiger partial charge in [0.15, 0.2) is 0 Å². The van der Waals surface area contributed by atoms with Crippen LogP contribution in [-0.2, 0) is 12.8 Å². The zero-order chi connectivity index (χ0) is 14.0. The highest BCUT2D eigenvalue weighted by Crippen LogP contribution is 2.19. The van der Waals surface area contributed by atoms with Crippen LogP contribution in [0.1, 0.15) is 24.5 Å².